The monoisotopic (exact) mass is 318 g/mol. The first kappa shape index (κ1) is 15.4. The minimum Gasteiger partial charge on any atom is -0.459 e. The first-order chi connectivity index (χ1) is 10.8. The van der Waals surface area contributed by atoms with Crippen molar-refractivity contribution in [3.8, 4) is 0 Å². The molecule has 126 valence electrons. The zero-order valence-corrected chi connectivity index (χ0v) is 14.0. The molecular weight excluding hydrogens is 292 g/mol. The Labute approximate surface area is 137 Å². The number of allylic oxidation sites excluding steroid dienone is 2. The zero-order chi connectivity index (χ0) is 16.4. The van der Waals surface area contributed by atoms with Crippen LogP contribution in [0.5, 0.6) is 0 Å². The van der Waals surface area contributed by atoms with Crippen LogP contribution in [0.1, 0.15) is 52.4 Å². The molecule has 3 aliphatic carbocycles. The molecule has 0 unspecified atom stereocenters. The van der Waals surface area contributed by atoms with Crippen LogP contribution in [0.3, 0.4) is 0 Å². The van der Waals surface area contributed by atoms with E-state index in [4.69, 9.17) is 4.74 Å². The second-order valence-corrected chi connectivity index (χ2v) is 8.52. The molecule has 0 amide bonds. The normalized spacial score (nSPS) is 52.2. The third-order valence-electron chi connectivity index (χ3n) is 7.40. The number of aliphatic hydroxyl groups is 1. The molecule has 1 aliphatic heterocycles. The molecule has 1 saturated heterocycles. The van der Waals surface area contributed by atoms with E-state index in [1.165, 1.54) is 0 Å². The van der Waals surface area contributed by atoms with Crippen molar-refractivity contribution in [2.45, 2.75) is 64.1 Å². The summed E-state index contributed by atoms with van der Waals surface area (Å²) in [7, 11) is 0. The fourth-order valence-electron chi connectivity index (χ4n) is 6.13. The molecule has 0 radical (unpaired) electrons. The van der Waals surface area contributed by atoms with Crippen LogP contribution in [0.15, 0.2) is 12.2 Å². The fraction of sp³-hybridized carbons (Fsp3) is 0.789. The Kier molecular flexibility index (Phi) is 3.29. The quantitative estimate of drug-likeness (QED) is 0.697. The molecule has 2 saturated carbocycles. The van der Waals surface area contributed by atoms with Crippen LogP contribution in [-0.4, -0.2) is 28.6 Å². The van der Waals surface area contributed by atoms with Crippen molar-refractivity contribution in [3.63, 3.8) is 0 Å². The lowest BCUT2D eigenvalue weighted by molar-refractivity contribution is -0.211. The molecule has 7 atom stereocenters. The molecule has 0 aromatic rings. The SMILES string of the molecule is C[C@]12C=CC(=O)C[C@H]1C[C@H](O)[C@@H]1[C@@H]2CC[C@]2(C)OC(=O)CC[C@@H]12. The van der Waals surface area contributed by atoms with Crippen LogP contribution in [0, 0.1) is 29.1 Å². The summed E-state index contributed by atoms with van der Waals surface area (Å²) in [5.41, 5.74) is -0.435. The Morgan fingerprint density at radius 2 is 2.00 bits per heavy atom. The van der Waals surface area contributed by atoms with Crippen LogP contribution in [0.25, 0.3) is 0 Å². The summed E-state index contributed by atoms with van der Waals surface area (Å²) < 4.78 is 5.74. The van der Waals surface area contributed by atoms with Gasteiger partial charge in [0.05, 0.1) is 6.10 Å². The minimum atomic E-state index is -0.422. The highest BCUT2D eigenvalue weighted by atomic mass is 16.6. The van der Waals surface area contributed by atoms with E-state index in [2.05, 4.69) is 13.0 Å². The van der Waals surface area contributed by atoms with Crippen molar-refractivity contribution in [1.82, 2.24) is 0 Å². The summed E-state index contributed by atoms with van der Waals surface area (Å²) >= 11 is 0. The molecule has 4 heteroatoms. The van der Waals surface area contributed by atoms with Gasteiger partial charge < -0.3 is 9.84 Å². The Morgan fingerprint density at radius 3 is 2.78 bits per heavy atom. The van der Waals surface area contributed by atoms with Gasteiger partial charge in [-0.1, -0.05) is 13.0 Å². The van der Waals surface area contributed by atoms with Gasteiger partial charge in [0.15, 0.2) is 5.78 Å². The van der Waals surface area contributed by atoms with Crippen LogP contribution >= 0.6 is 0 Å². The molecule has 4 rings (SSSR count). The van der Waals surface area contributed by atoms with Crippen LogP contribution in [-0.2, 0) is 14.3 Å². The lowest BCUT2D eigenvalue weighted by atomic mass is 9.46. The van der Waals surface area contributed by atoms with E-state index >= 15 is 0 Å². The number of ether oxygens (including phenoxy) is 1. The zero-order valence-electron chi connectivity index (χ0n) is 14.0. The number of ketones is 1. The van der Waals surface area contributed by atoms with Crippen molar-refractivity contribution >= 4 is 11.8 Å². The molecule has 1 N–H and O–H groups in total. The van der Waals surface area contributed by atoms with Crippen molar-refractivity contribution in [2.24, 2.45) is 29.1 Å². The minimum absolute atomic E-state index is 0.0133. The molecule has 0 bridgehead atoms. The number of rotatable bonds is 0. The average Bonchev–Trinajstić information content (AvgIpc) is 2.48. The van der Waals surface area contributed by atoms with E-state index in [0.29, 0.717) is 25.2 Å². The van der Waals surface area contributed by atoms with Gasteiger partial charge >= 0.3 is 5.97 Å². The van der Waals surface area contributed by atoms with Gasteiger partial charge in [-0.3, -0.25) is 9.59 Å². The van der Waals surface area contributed by atoms with Gasteiger partial charge in [0.1, 0.15) is 5.60 Å². The maximum absolute atomic E-state index is 11.8. The average molecular weight is 318 g/mol. The molecule has 23 heavy (non-hydrogen) atoms. The van der Waals surface area contributed by atoms with Crippen LogP contribution < -0.4 is 0 Å². The topological polar surface area (TPSA) is 63.6 Å². The standard InChI is InChI=1S/C19H26O4/c1-18-7-5-12(20)9-11(18)10-15(21)17-13(18)6-8-19(2)14(17)3-4-16(22)23-19/h5,7,11,13-15,17,21H,3-4,6,8-10H2,1-2H3/t11-,13-,14-,15-,17+,18-,19-/m0/s1. The van der Waals surface area contributed by atoms with E-state index in [-0.39, 0.29) is 41.0 Å². The van der Waals surface area contributed by atoms with Gasteiger partial charge in [-0.05, 0) is 61.9 Å². The molecule has 0 spiro atoms. The van der Waals surface area contributed by atoms with Gasteiger partial charge in [0.2, 0.25) is 0 Å². The number of carbonyl (C=O) groups is 2. The highest BCUT2D eigenvalue weighted by molar-refractivity contribution is 5.91. The Hall–Kier alpha value is -1.16. The molecule has 1 heterocycles. The number of carbonyl (C=O) groups excluding carboxylic acids is 2. The first-order valence-corrected chi connectivity index (χ1v) is 8.95. The molecular formula is C19H26O4. The van der Waals surface area contributed by atoms with Gasteiger partial charge in [-0.2, -0.15) is 0 Å². The summed E-state index contributed by atoms with van der Waals surface area (Å²) in [6, 6.07) is 0. The maximum Gasteiger partial charge on any atom is 0.306 e. The molecule has 0 aromatic carbocycles. The number of aliphatic hydroxyl groups excluding tert-OH is 1. The van der Waals surface area contributed by atoms with E-state index in [0.717, 1.165) is 19.3 Å². The molecule has 3 fully saturated rings. The Bertz CT molecular complexity index is 582. The van der Waals surface area contributed by atoms with Crippen molar-refractivity contribution < 1.29 is 19.4 Å². The Balaban J connectivity index is 1.71. The lowest BCUT2D eigenvalue weighted by Gasteiger charge is -2.61. The van der Waals surface area contributed by atoms with Gasteiger partial charge in [-0.25, -0.2) is 0 Å². The third kappa shape index (κ3) is 2.14. The van der Waals surface area contributed by atoms with Crippen molar-refractivity contribution in [3.05, 3.63) is 12.2 Å². The summed E-state index contributed by atoms with van der Waals surface area (Å²) in [6.07, 6.45) is 7.82. The molecule has 0 aromatic heterocycles. The highest BCUT2D eigenvalue weighted by Gasteiger charge is 2.60. The van der Waals surface area contributed by atoms with E-state index < -0.39 is 5.60 Å². The summed E-state index contributed by atoms with van der Waals surface area (Å²) in [4.78, 5) is 23.6. The fourth-order valence-corrected chi connectivity index (χ4v) is 6.13. The predicted molar refractivity (Wildman–Crippen MR) is 84.4 cm³/mol. The Morgan fingerprint density at radius 1 is 1.22 bits per heavy atom. The maximum atomic E-state index is 11.8. The first-order valence-electron chi connectivity index (χ1n) is 8.95. The van der Waals surface area contributed by atoms with Crippen LogP contribution in [0.4, 0.5) is 0 Å². The van der Waals surface area contributed by atoms with E-state index in [1.54, 1.807) is 6.08 Å². The van der Waals surface area contributed by atoms with E-state index in [9.17, 15) is 14.7 Å². The number of fused-ring (bicyclic) bond motifs is 5. The smallest absolute Gasteiger partial charge is 0.306 e. The number of hydrogen-bond acceptors (Lipinski definition) is 4. The second-order valence-electron chi connectivity index (χ2n) is 8.52. The molecule has 4 aliphatic rings. The lowest BCUT2D eigenvalue weighted by Crippen LogP contribution is -2.61. The second kappa shape index (κ2) is 4.92. The number of hydrogen-bond donors (Lipinski definition) is 1. The van der Waals surface area contributed by atoms with Gasteiger partial charge in [0, 0.05) is 18.8 Å². The summed E-state index contributed by atoms with van der Waals surface area (Å²) in [5, 5.41) is 10.9. The summed E-state index contributed by atoms with van der Waals surface area (Å²) in [6.45, 7) is 4.31. The van der Waals surface area contributed by atoms with E-state index in [1.807, 2.05) is 6.92 Å². The third-order valence-corrected chi connectivity index (χ3v) is 7.40. The highest BCUT2D eigenvalue weighted by Crippen LogP contribution is 2.61. The van der Waals surface area contributed by atoms with Gasteiger partial charge in [0.25, 0.3) is 0 Å². The van der Waals surface area contributed by atoms with Crippen molar-refractivity contribution in [2.75, 3.05) is 0 Å². The number of esters is 1. The molecule has 4 nitrogen and oxygen atoms in total. The van der Waals surface area contributed by atoms with Crippen LogP contribution in [0.2, 0.25) is 0 Å². The van der Waals surface area contributed by atoms with Gasteiger partial charge in [-0.15, -0.1) is 0 Å². The van der Waals surface area contributed by atoms with Crippen molar-refractivity contribution in [1.29, 1.82) is 0 Å². The summed E-state index contributed by atoms with van der Waals surface area (Å²) in [5.74, 6) is 1.10. The predicted octanol–water partition coefficient (Wildman–Crippen LogP) is 2.64. The largest absolute Gasteiger partial charge is 0.459 e.